The lowest BCUT2D eigenvalue weighted by atomic mass is 10.6. The van der Waals surface area contributed by atoms with Crippen molar-refractivity contribution in [1.82, 2.24) is 0 Å². The van der Waals surface area contributed by atoms with Crippen LogP contribution in [0, 0.1) is 0 Å². The lowest BCUT2D eigenvalue weighted by Gasteiger charge is -1.79. The molecule has 3 heteroatoms. The van der Waals surface area contributed by atoms with Gasteiger partial charge in [-0.2, -0.15) is 0 Å². The number of halogens is 1. The van der Waals surface area contributed by atoms with Gasteiger partial charge in [0.05, 0.1) is 5.03 Å². The van der Waals surface area contributed by atoms with E-state index in [1.54, 1.807) is 13.3 Å². The number of aliphatic imine (C=N–C) groups is 2. The second kappa shape index (κ2) is 5.51. The van der Waals surface area contributed by atoms with E-state index < -0.39 is 0 Å². The summed E-state index contributed by atoms with van der Waals surface area (Å²) in [6.45, 7) is 1.82. The van der Waals surface area contributed by atoms with Gasteiger partial charge in [0, 0.05) is 25.7 Å². The second-order valence-electron chi connectivity index (χ2n) is 1.31. The summed E-state index contributed by atoms with van der Waals surface area (Å²) in [7, 11) is 1.66. The molecule has 0 bridgehead atoms. The molecule has 0 N–H and O–H groups in total. The number of rotatable bonds is 2. The summed E-state index contributed by atoms with van der Waals surface area (Å²) in [6, 6.07) is 0. The van der Waals surface area contributed by atoms with E-state index in [0.29, 0.717) is 5.03 Å². The smallest absolute Gasteiger partial charge is 0.0766 e. The third-order valence-corrected chi connectivity index (χ3v) is 0.795. The Morgan fingerprint density at radius 3 is 2.67 bits per heavy atom. The Kier molecular flexibility index (Phi) is 5.12. The molecular formula is C6H9ClN2. The maximum absolute atomic E-state index is 5.56. The van der Waals surface area contributed by atoms with E-state index in [9.17, 15) is 0 Å². The first-order valence-corrected chi connectivity index (χ1v) is 2.94. The van der Waals surface area contributed by atoms with Crippen LogP contribution in [0.4, 0.5) is 0 Å². The van der Waals surface area contributed by atoms with E-state index >= 15 is 0 Å². The fourth-order valence-corrected chi connectivity index (χ4v) is 0.456. The Hall–Kier alpha value is -0.630. The average Bonchev–Trinajstić information content (AvgIpc) is 1.85. The highest BCUT2D eigenvalue weighted by Crippen LogP contribution is 1.95. The van der Waals surface area contributed by atoms with Gasteiger partial charge in [0.25, 0.3) is 0 Å². The number of nitrogens with zero attached hydrogens (tertiary/aromatic N) is 2. The SMILES string of the molecule is CC=N/C=C(/Cl)C=NC. The predicted octanol–water partition coefficient (Wildman–Crippen LogP) is 1.86. The molecule has 0 aliphatic carbocycles. The molecule has 0 saturated heterocycles. The minimum Gasteiger partial charge on any atom is -0.295 e. The first-order chi connectivity index (χ1) is 4.31. The van der Waals surface area contributed by atoms with Gasteiger partial charge >= 0.3 is 0 Å². The molecule has 0 heterocycles. The average molecular weight is 145 g/mol. The van der Waals surface area contributed by atoms with E-state index in [0.717, 1.165) is 0 Å². The Morgan fingerprint density at radius 2 is 2.22 bits per heavy atom. The maximum Gasteiger partial charge on any atom is 0.0766 e. The summed E-state index contributed by atoms with van der Waals surface area (Å²) in [6.07, 6.45) is 4.73. The van der Waals surface area contributed by atoms with E-state index in [4.69, 9.17) is 11.6 Å². The van der Waals surface area contributed by atoms with Gasteiger partial charge < -0.3 is 0 Å². The fraction of sp³-hybridized carbons (Fsp3) is 0.333. The van der Waals surface area contributed by atoms with Gasteiger partial charge in [-0.15, -0.1) is 0 Å². The van der Waals surface area contributed by atoms with E-state index in [1.807, 2.05) is 6.92 Å². The number of hydrogen-bond donors (Lipinski definition) is 0. The van der Waals surface area contributed by atoms with Gasteiger partial charge in [-0.05, 0) is 6.92 Å². The molecule has 50 valence electrons. The first kappa shape index (κ1) is 8.37. The summed E-state index contributed by atoms with van der Waals surface area (Å²) in [5.41, 5.74) is 0. The monoisotopic (exact) mass is 144 g/mol. The molecule has 0 spiro atoms. The lowest BCUT2D eigenvalue weighted by molar-refractivity contribution is 1.47. The summed E-state index contributed by atoms with van der Waals surface area (Å²) >= 11 is 5.56. The van der Waals surface area contributed by atoms with Crippen LogP contribution in [0.5, 0.6) is 0 Å². The fourth-order valence-electron chi connectivity index (χ4n) is 0.302. The molecule has 0 saturated carbocycles. The van der Waals surface area contributed by atoms with Crippen molar-refractivity contribution in [3.63, 3.8) is 0 Å². The third kappa shape index (κ3) is 5.24. The Labute approximate surface area is 60.0 Å². The summed E-state index contributed by atoms with van der Waals surface area (Å²) in [4.78, 5) is 7.47. The van der Waals surface area contributed by atoms with Crippen LogP contribution >= 0.6 is 11.6 Å². The zero-order chi connectivity index (χ0) is 7.11. The molecule has 0 aromatic heterocycles. The highest BCUT2D eigenvalue weighted by atomic mass is 35.5. The van der Waals surface area contributed by atoms with Gasteiger partial charge in [0.2, 0.25) is 0 Å². The molecule has 0 atom stereocenters. The van der Waals surface area contributed by atoms with Crippen LogP contribution in [0.3, 0.4) is 0 Å². The molecular weight excluding hydrogens is 136 g/mol. The van der Waals surface area contributed by atoms with Crippen molar-refractivity contribution in [2.75, 3.05) is 7.05 Å². The van der Waals surface area contributed by atoms with Crippen molar-refractivity contribution in [3.05, 3.63) is 11.2 Å². The van der Waals surface area contributed by atoms with Gasteiger partial charge in [0.1, 0.15) is 0 Å². The standard InChI is InChI=1S/C6H9ClN2/c1-3-9-5-6(7)4-8-2/h3-5H,1-2H3/b6-5+,8-4?,9-3?. The highest BCUT2D eigenvalue weighted by Gasteiger charge is 1.78. The largest absolute Gasteiger partial charge is 0.295 e. The predicted molar refractivity (Wildman–Crippen MR) is 42.5 cm³/mol. The van der Waals surface area contributed by atoms with Crippen molar-refractivity contribution in [2.24, 2.45) is 9.98 Å². The molecule has 0 aliphatic heterocycles. The third-order valence-electron chi connectivity index (χ3n) is 0.599. The van der Waals surface area contributed by atoms with Crippen molar-refractivity contribution >= 4 is 24.0 Å². The van der Waals surface area contributed by atoms with E-state index in [-0.39, 0.29) is 0 Å². The normalized spacial score (nSPS) is 13.9. The topological polar surface area (TPSA) is 24.7 Å². The van der Waals surface area contributed by atoms with Crippen LogP contribution in [0.25, 0.3) is 0 Å². The van der Waals surface area contributed by atoms with Gasteiger partial charge in [0.15, 0.2) is 0 Å². The molecule has 0 unspecified atom stereocenters. The summed E-state index contributed by atoms with van der Waals surface area (Å²) in [5.74, 6) is 0. The quantitative estimate of drug-likeness (QED) is 0.529. The molecule has 0 rings (SSSR count). The molecule has 0 radical (unpaired) electrons. The van der Waals surface area contributed by atoms with Crippen molar-refractivity contribution in [3.8, 4) is 0 Å². The maximum atomic E-state index is 5.56. The summed E-state index contributed by atoms with van der Waals surface area (Å²) < 4.78 is 0. The first-order valence-electron chi connectivity index (χ1n) is 2.57. The highest BCUT2D eigenvalue weighted by molar-refractivity contribution is 6.39. The Balaban J connectivity index is 3.84. The van der Waals surface area contributed by atoms with Crippen molar-refractivity contribution in [1.29, 1.82) is 0 Å². The van der Waals surface area contributed by atoms with Crippen LogP contribution < -0.4 is 0 Å². The summed E-state index contributed by atoms with van der Waals surface area (Å²) in [5, 5.41) is 0.538. The molecule has 0 aliphatic rings. The van der Waals surface area contributed by atoms with Gasteiger partial charge in [-0.3, -0.25) is 9.98 Å². The van der Waals surface area contributed by atoms with Gasteiger partial charge in [-0.1, -0.05) is 11.6 Å². The minimum absolute atomic E-state index is 0.538. The molecule has 0 aromatic carbocycles. The van der Waals surface area contributed by atoms with Gasteiger partial charge in [-0.25, -0.2) is 0 Å². The van der Waals surface area contributed by atoms with Crippen molar-refractivity contribution < 1.29 is 0 Å². The van der Waals surface area contributed by atoms with E-state index in [2.05, 4.69) is 9.98 Å². The van der Waals surface area contributed by atoms with E-state index in [1.165, 1.54) is 12.4 Å². The van der Waals surface area contributed by atoms with Crippen LogP contribution in [0.15, 0.2) is 21.2 Å². The molecule has 0 amide bonds. The van der Waals surface area contributed by atoms with Crippen LogP contribution in [-0.4, -0.2) is 19.5 Å². The second-order valence-corrected chi connectivity index (χ2v) is 1.74. The van der Waals surface area contributed by atoms with Crippen molar-refractivity contribution in [2.45, 2.75) is 6.92 Å². The molecule has 0 aromatic rings. The number of hydrogen-bond acceptors (Lipinski definition) is 2. The van der Waals surface area contributed by atoms with Crippen LogP contribution in [-0.2, 0) is 0 Å². The van der Waals surface area contributed by atoms with Crippen LogP contribution in [0.1, 0.15) is 6.92 Å². The zero-order valence-electron chi connectivity index (χ0n) is 5.50. The Morgan fingerprint density at radius 1 is 1.56 bits per heavy atom. The molecule has 2 nitrogen and oxygen atoms in total. The molecule has 9 heavy (non-hydrogen) atoms. The lowest BCUT2D eigenvalue weighted by Crippen LogP contribution is -1.70. The Bertz CT molecular complexity index is 147. The van der Waals surface area contributed by atoms with Crippen LogP contribution in [0.2, 0.25) is 0 Å². The number of allylic oxidation sites excluding steroid dienone is 1. The minimum atomic E-state index is 0.538. The molecule has 0 fully saturated rings. The zero-order valence-corrected chi connectivity index (χ0v) is 6.26.